The van der Waals surface area contributed by atoms with Gasteiger partial charge in [-0.15, -0.1) is 0 Å². The third kappa shape index (κ3) is 5.18. The Morgan fingerprint density at radius 1 is 0.812 bits per heavy atom. The number of hydrogen-bond acceptors (Lipinski definition) is 4. The van der Waals surface area contributed by atoms with Gasteiger partial charge in [0, 0.05) is 48.3 Å². The molecule has 0 atom stereocenters. The van der Waals surface area contributed by atoms with E-state index in [1.165, 1.54) is 6.20 Å². The number of piperidine rings is 1. The highest BCUT2D eigenvalue weighted by Gasteiger charge is 2.25. The highest BCUT2D eigenvalue weighted by atomic mass is 16.2. The van der Waals surface area contributed by atoms with Gasteiger partial charge in [0.15, 0.2) is 0 Å². The molecule has 0 radical (unpaired) electrons. The first-order valence-electron chi connectivity index (χ1n) is 10.6. The van der Waals surface area contributed by atoms with E-state index in [0.29, 0.717) is 48.3 Å². The lowest BCUT2D eigenvalue weighted by molar-refractivity contribution is 0.0697. The van der Waals surface area contributed by atoms with Crippen LogP contribution in [0.4, 0.5) is 5.69 Å². The van der Waals surface area contributed by atoms with Gasteiger partial charge in [-0.2, -0.15) is 0 Å². The van der Waals surface area contributed by atoms with E-state index in [0.717, 1.165) is 0 Å². The predicted octanol–water partition coefficient (Wildman–Crippen LogP) is 3.37. The highest BCUT2D eigenvalue weighted by Crippen LogP contribution is 2.18. The number of hydrogen-bond donors (Lipinski definition) is 2. The fraction of sp³-hybridized carbons (Fsp3) is 0.200. The van der Waals surface area contributed by atoms with Gasteiger partial charge in [0.1, 0.15) is 0 Å². The molecule has 1 saturated heterocycles. The van der Waals surface area contributed by atoms with Gasteiger partial charge < -0.3 is 15.5 Å². The lowest BCUT2D eigenvalue weighted by Crippen LogP contribution is -2.46. The van der Waals surface area contributed by atoms with Gasteiger partial charge in [-0.05, 0) is 55.3 Å². The van der Waals surface area contributed by atoms with Crippen molar-refractivity contribution in [1.82, 2.24) is 15.2 Å². The summed E-state index contributed by atoms with van der Waals surface area (Å²) in [5.41, 5.74) is 2.15. The summed E-state index contributed by atoms with van der Waals surface area (Å²) in [6.45, 7) is 1.12. The molecule has 1 fully saturated rings. The maximum atomic E-state index is 13.0. The van der Waals surface area contributed by atoms with Crippen molar-refractivity contribution in [1.29, 1.82) is 0 Å². The monoisotopic (exact) mass is 428 g/mol. The molecule has 1 aliphatic heterocycles. The van der Waals surface area contributed by atoms with Crippen LogP contribution >= 0.6 is 0 Å². The minimum atomic E-state index is -0.280. The molecule has 2 aromatic carbocycles. The van der Waals surface area contributed by atoms with Crippen LogP contribution in [-0.2, 0) is 0 Å². The molecule has 162 valence electrons. The van der Waals surface area contributed by atoms with Crippen LogP contribution in [0.1, 0.15) is 43.9 Å². The van der Waals surface area contributed by atoms with E-state index >= 15 is 0 Å². The van der Waals surface area contributed by atoms with Crippen molar-refractivity contribution in [2.45, 2.75) is 18.9 Å². The van der Waals surface area contributed by atoms with Crippen molar-refractivity contribution in [2.24, 2.45) is 0 Å². The number of carbonyl (C=O) groups excluding carboxylic acids is 3. The molecule has 2 heterocycles. The minimum Gasteiger partial charge on any atom is -0.349 e. The van der Waals surface area contributed by atoms with Gasteiger partial charge in [0.25, 0.3) is 17.7 Å². The van der Waals surface area contributed by atoms with Crippen molar-refractivity contribution >= 4 is 23.4 Å². The molecule has 0 bridgehead atoms. The van der Waals surface area contributed by atoms with Crippen molar-refractivity contribution in [3.63, 3.8) is 0 Å². The number of nitrogens with zero attached hydrogens (tertiary/aromatic N) is 2. The number of likely N-dealkylation sites (tertiary alicyclic amines) is 1. The maximum Gasteiger partial charge on any atom is 0.257 e. The molecule has 0 unspecified atom stereocenters. The fourth-order valence-electron chi connectivity index (χ4n) is 3.70. The number of aromatic nitrogens is 1. The number of pyridine rings is 1. The third-order valence-corrected chi connectivity index (χ3v) is 5.44. The fourth-order valence-corrected chi connectivity index (χ4v) is 3.70. The predicted molar refractivity (Wildman–Crippen MR) is 121 cm³/mol. The number of amides is 3. The Balaban J connectivity index is 1.33. The Morgan fingerprint density at radius 3 is 2.25 bits per heavy atom. The summed E-state index contributed by atoms with van der Waals surface area (Å²) in [6, 6.07) is 19.5. The van der Waals surface area contributed by atoms with Crippen molar-refractivity contribution in [3.05, 3.63) is 95.8 Å². The molecule has 2 N–H and O–H groups in total. The Morgan fingerprint density at radius 2 is 1.53 bits per heavy atom. The second-order valence-electron chi connectivity index (χ2n) is 7.68. The lowest BCUT2D eigenvalue weighted by atomic mass is 10.0. The smallest absolute Gasteiger partial charge is 0.257 e. The molecule has 32 heavy (non-hydrogen) atoms. The highest BCUT2D eigenvalue weighted by molar-refractivity contribution is 6.05. The largest absolute Gasteiger partial charge is 0.349 e. The summed E-state index contributed by atoms with van der Waals surface area (Å²) >= 11 is 0. The molecule has 1 aromatic heterocycles. The van der Waals surface area contributed by atoms with Crippen LogP contribution in [0.15, 0.2) is 79.1 Å². The topological polar surface area (TPSA) is 91.4 Å². The first kappa shape index (κ1) is 21.2. The molecule has 3 aromatic rings. The van der Waals surface area contributed by atoms with E-state index in [1.807, 2.05) is 18.2 Å². The van der Waals surface area contributed by atoms with Gasteiger partial charge in [-0.3, -0.25) is 19.4 Å². The first-order valence-corrected chi connectivity index (χ1v) is 10.6. The Bertz CT molecular complexity index is 1090. The molecule has 0 aliphatic carbocycles. The summed E-state index contributed by atoms with van der Waals surface area (Å²) in [6.07, 6.45) is 4.49. The number of rotatable bonds is 5. The maximum absolute atomic E-state index is 13.0. The molecule has 7 nitrogen and oxygen atoms in total. The standard InChI is InChI=1S/C25H24N4O3/c30-23(18-6-2-1-3-7-18)27-21-11-14-29(15-12-21)25(32)19-8-4-10-22(16-19)28-24(31)20-9-5-13-26-17-20/h1-10,13,16-17,21H,11-12,14-15H2,(H,27,30)(H,28,31). The molecule has 0 spiro atoms. The van der Waals surface area contributed by atoms with Crippen LogP contribution in [0.2, 0.25) is 0 Å². The van der Waals surface area contributed by atoms with Gasteiger partial charge in [0.05, 0.1) is 5.56 Å². The molecule has 1 aliphatic rings. The van der Waals surface area contributed by atoms with E-state index in [4.69, 9.17) is 0 Å². The number of nitrogens with one attached hydrogen (secondary N) is 2. The zero-order valence-electron chi connectivity index (χ0n) is 17.5. The Labute approximate surface area is 186 Å². The van der Waals surface area contributed by atoms with Gasteiger partial charge in [-0.25, -0.2) is 0 Å². The van der Waals surface area contributed by atoms with Crippen molar-refractivity contribution < 1.29 is 14.4 Å². The Hall–Kier alpha value is -4.00. The first-order chi connectivity index (χ1) is 15.6. The average molecular weight is 428 g/mol. The summed E-state index contributed by atoms with van der Waals surface area (Å²) in [5, 5.41) is 5.85. The van der Waals surface area contributed by atoms with Gasteiger partial charge in [0.2, 0.25) is 0 Å². The number of benzene rings is 2. The zero-order valence-corrected chi connectivity index (χ0v) is 17.5. The summed E-state index contributed by atoms with van der Waals surface area (Å²) in [4.78, 5) is 43.4. The zero-order chi connectivity index (χ0) is 22.3. The Kier molecular flexibility index (Phi) is 6.55. The summed E-state index contributed by atoms with van der Waals surface area (Å²) in [5.74, 6) is -0.458. The van der Waals surface area contributed by atoms with Gasteiger partial charge >= 0.3 is 0 Å². The normalized spacial score (nSPS) is 13.9. The van der Waals surface area contributed by atoms with E-state index in [9.17, 15) is 14.4 Å². The second kappa shape index (κ2) is 9.87. The molecule has 4 rings (SSSR count). The SMILES string of the molecule is O=C(Nc1cccc(C(=O)N2CCC(NC(=O)c3ccccc3)CC2)c1)c1cccnc1. The molecule has 0 saturated carbocycles. The summed E-state index contributed by atoms with van der Waals surface area (Å²) < 4.78 is 0. The molecular weight excluding hydrogens is 404 g/mol. The van der Waals surface area contributed by atoms with Crippen LogP contribution in [0.3, 0.4) is 0 Å². The van der Waals surface area contributed by atoms with E-state index in [1.54, 1.807) is 59.6 Å². The van der Waals surface area contributed by atoms with E-state index < -0.39 is 0 Å². The summed E-state index contributed by atoms with van der Waals surface area (Å²) in [7, 11) is 0. The van der Waals surface area contributed by atoms with Crippen LogP contribution in [0.5, 0.6) is 0 Å². The third-order valence-electron chi connectivity index (χ3n) is 5.44. The quantitative estimate of drug-likeness (QED) is 0.652. The van der Waals surface area contributed by atoms with Crippen LogP contribution < -0.4 is 10.6 Å². The molecule has 7 heteroatoms. The van der Waals surface area contributed by atoms with Crippen molar-refractivity contribution in [3.8, 4) is 0 Å². The average Bonchev–Trinajstić information content (AvgIpc) is 2.85. The van der Waals surface area contributed by atoms with Crippen molar-refractivity contribution in [2.75, 3.05) is 18.4 Å². The van der Waals surface area contributed by atoms with Crippen LogP contribution in [0.25, 0.3) is 0 Å². The van der Waals surface area contributed by atoms with Crippen LogP contribution in [0, 0.1) is 0 Å². The second-order valence-corrected chi connectivity index (χ2v) is 7.68. The molecule has 3 amide bonds. The van der Waals surface area contributed by atoms with E-state index in [-0.39, 0.29) is 23.8 Å². The van der Waals surface area contributed by atoms with E-state index in [2.05, 4.69) is 15.6 Å². The number of anilines is 1. The van der Waals surface area contributed by atoms with Gasteiger partial charge in [-0.1, -0.05) is 24.3 Å². The van der Waals surface area contributed by atoms with Crippen LogP contribution in [-0.4, -0.2) is 46.7 Å². The lowest BCUT2D eigenvalue weighted by Gasteiger charge is -2.32. The molecular formula is C25H24N4O3. The number of carbonyl (C=O) groups is 3. The minimum absolute atomic E-state index is 0.0388.